The standard InChI is InChI=1S/C10H10ClN5OS/c1-5-12-8(11)7(4-17)9(13-5)18-10-15-14-6(2)16(10)3/h4H,1-3H3. The summed E-state index contributed by atoms with van der Waals surface area (Å²) in [7, 11) is 1.84. The molecular formula is C10H10ClN5OS. The van der Waals surface area contributed by atoms with E-state index in [-0.39, 0.29) is 10.7 Å². The largest absolute Gasteiger partial charge is 0.309 e. The van der Waals surface area contributed by atoms with Crippen LogP contribution < -0.4 is 0 Å². The summed E-state index contributed by atoms with van der Waals surface area (Å²) in [5.74, 6) is 1.29. The van der Waals surface area contributed by atoms with Crippen molar-refractivity contribution >= 4 is 29.6 Å². The molecule has 0 aromatic carbocycles. The zero-order valence-electron chi connectivity index (χ0n) is 10.0. The second-order valence-electron chi connectivity index (χ2n) is 3.59. The Bertz CT molecular complexity index is 613. The number of hydrogen-bond acceptors (Lipinski definition) is 6. The fourth-order valence-electron chi connectivity index (χ4n) is 1.26. The molecule has 0 aliphatic heterocycles. The van der Waals surface area contributed by atoms with Crippen molar-refractivity contribution in [3.05, 3.63) is 22.4 Å². The maximum Gasteiger partial charge on any atom is 0.197 e. The first kappa shape index (κ1) is 13.0. The summed E-state index contributed by atoms with van der Waals surface area (Å²) in [6.45, 7) is 3.56. The molecule has 0 fully saturated rings. The Labute approximate surface area is 113 Å². The van der Waals surface area contributed by atoms with Crippen LogP contribution in [0.15, 0.2) is 10.2 Å². The first-order chi connectivity index (χ1) is 8.52. The average Bonchev–Trinajstić information content (AvgIpc) is 2.60. The van der Waals surface area contributed by atoms with Crippen LogP contribution in [0.25, 0.3) is 0 Å². The van der Waals surface area contributed by atoms with Gasteiger partial charge in [0, 0.05) is 7.05 Å². The lowest BCUT2D eigenvalue weighted by atomic mass is 10.4. The summed E-state index contributed by atoms with van der Waals surface area (Å²) in [5, 5.41) is 9.22. The van der Waals surface area contributed by atoms with Crippen LogP contribution in [-0.4, -0.2) is 31.0 Å². The van der Waals surface area contributed by atoms with Crippen molar-refractivity contribution in [1.29, 1.82) is 0 Å². The molecule has 0 amide bonds. The van der Waals surface area contributed by atoms with Crippen LogP contribution >= 0.6 is 23.4 Å². The monoisotopic (exact) mass is 283 g/mol. The average molecular weight is 284 g/mol. The highest BCUT2D eigenvalue weighted by Gasteiger charge is 2.15. The molecule has 8 heteroatoms. The zero-order valence-corrected chi connectivity index (χ0v) is 11.6. The van der Waals surface area contributed by atoms with Crippen molar-refractivity contribution in [1.82, 2.24) is 24.7 Å². The van der Waals surface area contributed by atoms with E-state index in [1.807, 2.05) is 18.5 Å². The summed E-state index contributed by atoms with van der Waals surface area (Å²) in [5.41, 5.74) is 0.271. The van der Waals surface area contributed by atoms with E-state index in [4.69, 9.17) is 11.6 Å². The number of hydrogen-bond donors (Lipinski definition) is 0. The molecule has 18 heavy (non-hydrogen) atoms. The molecule has 6 nitrogen and oxygen atoms in total. The predicted octanol–water partition coefficient (Wildman–Crippen LogP) is 1.84. The third-order valence-corrected chi connectivity index (χ3v) is 3.67. The fraction of sp³-hybridized carbons (Fsp3) is 0.300. The van der Waals surface area contributed by atoms with Crippen molar-refractivity contribution in [2.45, 2.75) is 24.0 Å². The number of carbonyl (C=O) groups is 1. The molecule has 0 atom stereocenters. The molecule has 0 aliphatic rings. The first-order valence-corrected chi connectivity index (χ1v) is 6.25. The van der Waals surface area contributed by atoms with Gasteiger partial charge in [0.25, 0.3) is 0 Å². The van der Waals surface area contributed by atoms with Crippen molar-refractivity contribution in [3.8, 4) is 0 Å². The van der Waals surface area contributed by atoms with Gasteiger partial charge in [0.1, 0.15) is 21.8 Å². The molecule has 0 saturated carbocycles. The second-order valence-corrected chi connectivity index (χ2v) is 4.90. The lowest BCUT2D eigenvalue weighted by Gasteiger charge is -2.05. The summed E-state index contributed by atoms with van der Waals surface area (Å²) in [6, 6.07) is 0. The number of aldehydes is 1. The zero-order chi connectivity index (χ0) is 13.3. The van der Waals surface area contributed by atoms with E-state index < -0.39 is 0 Å². The number of aromatic nitrogens is 5. The molecule has 0 spiro atoms. The Balaban J connectivity index is 2.45. The van der Waals surface area contributed by atoms with Crippen molar-refractivity contribution in [2.75, 3.05) is 0 Å². The molecule has 0 aliphatic carbocycles. The minimum atomic E-state index is 0.152. The Morgan fingerprint density at radius 3 is 2.56 bits per heavy atom. The maximum absolute atomic E-state index is 11.0. The third kappa shape index (κ3) is 2.37. The highest BCUT2D eigenvalue weighted by atomic mass is 35.5. The van der Waals surface area contributed by atoms with Crippen molar-refractivity contribution < 1.29 is 4.79 Å². The molecular weight excluding hydrogens is 274 g/mol. The van der Waals surface area contributed by atoms with E-state index in [1.165, 1.54) is 11.8 Å². The predicted molar refractivity (Wildman–Crippen MR) is 67.0 cm³/mol. The van der Waals surface area contributed by atoms with Crippen LogP contribution in [0.1, 0.15) is 22.0 Å². The van der Waals surface area contributed by atoms with E-state index in [0.29, 0.717) is 22.3 Å². The molecule has 2 aromatic heterocycles. The first-order valence-electron chi connectivity index (χ1n) is 5.06. The van der Waals surface area contributed by atoms with E-state index in [2.05, 4.69) is 20.2 Å². The van der Waals surface area contributed by atoms with Crippen LogP contribution in [0, 0.1) is 13.8 Å². The van der Waals surface area contributed by atoms with Gasteiger partial charge in [-0.15, -0.1) is 10.2 Å². The van der Waals surface area contributed by atoms with Gasteiger partial charge in [0.05, 0.1) is 5.56 Å². The number of carbonyl (C=O) groups excluding carboxylic acids is 1. The van der Waals surface area contributed by atoms with E-state index in [0.717, 1.165) is 5.82 Å². The van der Waals surface area contributed by atoms with Crippen molar-refractivity contribution in [2.24, 2.45) is 7.05 Å². The number of nitrogens with zero attached hydrogens (tertiary/aromatic N) is 5. The van der Waals surface area contributed by atoms with Gasteiger partial charge in [-0.25, -0.2) is 9.97 Å². The van der Waals surface area contributed by atoms with E-state index >= 15 is 0 Å². The lowest BCUT2D eigenvalue weighted by molar-refractivity contribution is 0.112. The normalized spacial score (nSPS) is 10.7. The Kier molecular flexibility index (Phi) is 3.63. The van der Waals surface area contributed by atoms with Crippen LogP contribution in [0.2, 0.25) is 5.15 Å². The minimum Gasteiger partial charge on any atom is -0.309 e. The topological polar surface area (TPSA) is 73.6 Å². The molecule has 94 valence electrons. The van der Waals surface area contributed by atoms with Gasteiger partial charge in [-0.05, 0) is 25.6 Å². The Morgan fingerprint density at radius 2 is 2.00 bits per heavy atom. The van der Waals surface area contributed by atoms with Gasteiger partial charge in [-0.3, -0.25) is 4.79 Å². The van der Waals surface area contributed by atoms with Gasteiger partial charge < -0.3 is 4.57 Å². The Hall–Kier alpha value is -1.47. The molecule has 0 radical (unpaired) electrons. The smallest absolute Gasteiger partial charge is 0.197 e. The van der Waals surface area contributed by atoms with Crippen LogP contribution in [0.4, 0.5) is 0 Å². The molecule has 2 aromatic rings. The highest BCUT2D eigenvalue weighted by Crippen LogP contribution is 2.29. The highest BCUT2D eigenvalue weighted by molar-refractivity contribution is 7.99. The van der Waals surface area contributed by atoms with Gasteiger partial charge in [0.15, 0.2) is 11.4 Å². The number of halogens is 1. The van der Waals surface area contributed by atoms with Gasteiger partial charge in [-0.2, -0.15) is 0 Å². The third-order valence-electron chi connectivity index (χ3n) is 2.33. The van der Waals surface area contributed by atoms with Crippen LogP contribution in [0.3, 0.4) is 0 Å². The number of rotatable bonds is 3. The lowest BCUT2D eigenvalue weighted by Crippen LogP contribution is -2.00. The molecule has 2 heterocycles. The molecule has 0 saturated heterocycles. The number of aryl methyl sites for hydroxylation is 2. The van der Waals surface area contributed by atoms with Crippen LogP contribution in [-0.2, 0) is 7.05 Å². The molecule has 0 N–H and O–H groups in total. The summed E-state index contributed by atoms with van der Waals surface area (Å²) in [4.78, 5) is 19.2. The molecule has 0 bridgehead atoms. The molecule has 2 rings (SSSR count). The van der Waals surface area contributed by atoms with Gasteiger partial charge >= 0.3 is 0 Å². The summed E-state index contributed by atoms with van der Waals surface area (Å²) in [6.07, 6.45) is 0.646. The minimum absolute atomic E-state index is 0.152. The van der Waals surface area contributed by atoms with E-state index in [9.17, 15) is 4.79 Å². The Morgan fingerprint density at radius 1 is 1.28 bits per heavy atom. The van der Waals surface area contributed by atoms with Gasteiger partial charge in [0.2, 0.25) is 0 Å². The van der Waals surface area contributed by atoms with E-state index in [1.54, 1.807) is 6.92 Å². The van der Waals surface area contributed by atoms with Crippen molar-refractivity contribution in [3.63, 3.8) is 0 Å². The summed E-state index contributed by atoms with van der Waals surface area (Å²) < 4.78 is 1.81. The summed E-state index contributed by atoms with van der Waals surface area (Å²) >= 11 is 7.14. The van der Waals surface area contributed by atoms with Gasteiger partial charge in [-0.1, -0.05) is 11.6 Å². The maximum atomic E-state index is 11.0. The van der Waals surface area contributed by atoms with Crippen LogP contribution in [0.5, 0.6) is 0 Å². The quantitative estimate of drug-likeness (QED) is 0.632. The second kappa shape index (κ2) is 5.03. The SMILES string of the molecule is Cc1nc(Cl)c(C=O)c(Sc2nnc(C)n2C)n1. The molecule has 0 unspecified atom stereocenters. The fourth-order valence-corrected chi connectivity index (χ4v) is 2.53.